The fraction of sp³-hybridized carbons (Fsp3) is 0.435. The van der Waals surface area contributed by atoms with Crippen LogP contribution in [0.5, 0.6) is 0 Å². The summed E-state index contributed by atoms with van der Waals surface area (Å²) in [4.78, 5) is 13.7. The number of fused-ring (bicyclic) bond motifs is 1. The molecule has 0 spiro atoms. The summed E-state index contributed by atoms with van der Waals surface area (Å²) in [6.45, 7) is 3.25. The highest BCUT2D eigenvalue weighted by Gasteiger charge is 2.22. The van der Waals surface area contributed by atoms with Gasteiger partial charge in [-0.1, -0.05) is 24.6 Å². The summed E-state index contributed by atoms with van der Waals surface area (Å²) in [6.07, 6.45) is 3.72. The molecule has 1 aliphatic rings. The van der Waals surface area contributed by atoms with Crippen molar-refractivity contribution in [2.45, 2.75) is 44.8 Å². The van der Waals surface area contributed by atoms with Gasteiger partial charge in [0.15, 0.2) is 0 Å². The Balaban J connectivity index is 0.00000256. The Bertz CT molecular complexity index is 964. The van der Waals surface area contributed by atoms with Crippen molar-refractivity contribution in [3.63, 3.8) is 0 Å². The minimum Gasteiger partial charge on any atom is -0.481 e. The number of aliphatic carboxylic acids is 1. The molecule has 0 radical (unpaired) electrons. The molecule has 7 heteroatoms. The van der Waals surface area contributed by atoms with E-state index in [1.165, 1.54) is 19.3 Å². The highest BCUT2D eigenvalue weighted by Crippen LogP contribution is 2.37. The molecule has 3 aromatic rings. The Labute approximate surface area is 187 Å². The van der Waals surface area contributed by atoms with E-state index in [0.29, 0.717) is 19.5 Å². The summed E-state index contributed by atoms with van der Waals surface area (Å²) in [7, 11) is 0. The second kappa shape index (κ2) is 10.4. The quantitative estimate of drug-likeness (QED) is 0.526. The Kier molecular flexibility index (Phi) is 7.94. The molecule has 30 heavy (non-hydrogen) atoms. The second-order valence-electron chi connectivity index (χ2n) is 7.87. The molecule has 1 fully saturated rings. The highest BCUT2D eigenvalue weighted by molar-refractivity contribution is 7.08. The Morgan fingerprint density at radius 1 is 1.10 bits per heavy atom. The van der Waals surface area contributed by atoms with Crippen molar-refractivity contribution < 1.29 is 15.0 Å². The van der Waals surface area contributed by atoms with Crippen molar-refractivity contribution >= 4 is 40.6 Å². The fourth-order valence-electron chi connectivity index (χ4n) is 4.49. The number of carbonyl (C=O) groups is 1. The Morgan fingerprint density at radius 2 is 1.87 bits per heavy atom. The van der Waals surface area contributed by atoms with Crippen molar-refractivity contribution in [2.24, 2.45) is 0 Å². The van der Waals surface area contributed by atoms with E-state index in [2.05, 4.69) is 33.0 Å². The van der Waals surface area contributed by atoms with E-state index >= 15 is 0 Å². The molecule has 1 atom stereocenters. The number of aliphatic hydroxyl groups is 1. The van der Waals surface area contributed by atoms with Gasteiger partial charge in [-0.3, -0.25) is 4.79 Å². The maximum absolute atomic E-state index is 11.3. The lowest BCUT2D eigenvalue weighted by Gasteiger charge is -2.29. The standard InChI is InChI=1S/C23H28N2O3S.ClH/c26-18(14-24-11-4-1-5-12-24)15-25-20-7-3-2-6-19(20)23(17-10-13-29-16-17)21(25)8-9-22(27)28;/h2-3,6-7,10,13,16,18,26H,1,4-5,8-9,11-12,14-15H2,(H,27,28);1H. The number of piperidine rings is 1. The maximum Gasteiger partial charge on any atom is 0.303 e. The Hall–Kier alpha value is -1.86. The summed E-state index contributed by atoms with van der Waals surface area (Å²) < 4.78 is 2.15. The van der Waals surface area contributed by atoms with Crippen molar-refractivity contribution in [1.29, 1.82) is 0 Å². The molecule has 0 saturated carbocycles. The van der Waals surface area contributed by atoms with E-state index < -0.39 is 12.1 Å². The minimum absolute atomic E-state index is 0. The van der Waals surface area contributed by atoms with Crippen LogP contribution in [0.15, 0.2) is 41.1 Å². The summed E-state index contributed by atoms with van der Waals surface area (Å²) in [6, 6.07) is 10.3. The fourth-order valence-corrected chi connectivity index (χ4v) is 5.13. The largest absolute Gasteiger partial charge is 0.481 e. The third-order valence-electron chi connectivity index (χ3n) is 5.78. The zero-order valence-electron chi connectivity index (χ0n) is 17.0. The smallest absolute Gasteiger partial charge is 0.303 e. The summed E-state index contributed by atoms with van der Waals surface area (Å²) in [5, 5.41) is 25.5. The number of rotatable bonds is 8. The third-order valence-corrected chi connectivity index (χ3v) is 6.46. The molecule has 3 heterocycles. The Morgan fingerprint density at radius 3 is 2.57 bits per heavy atom. The van der Waals surface area contributed by atoms with Gasteiger partial charge in [-0.25, -0.2) is 0 Å². The van der Waals surface area contributed by atoms with E-state index in [0.717, 1.165) is 40.8 Å². The van der Waals surface area contributed by atoms with Crippen LogP contribution in [0, 0.1) is 0 Å². The molecule has 5 nitrogen and oxygen atoms in total. The average Bonchev–Trinajstić information content (AvgIpc) is 3.34. The molecule has 0 bridgehead atoms. The number of likely N-dealkylation sites (tertiary alicyclic amines) is 1. The van der Waals surface area contributed by atoms with Gasteiger partial charge in [0.25, 0.3) is 0 Å². The van der Waals surface area contributed by atoms with Crippen molar-refractivity contribution in [1.82, 2.24) is 9.47 Å². The number of hydrogen-bond acceptors (Lipinski definition) is 4. The van der Waals surface area contributed by atoms with Crippen LogP contribution in [0.1, 0.15) is 31.4 Å². The first-order valence-electron chi connectivity index (χ1n) is 10.4. The number of nitrogens with zero attached hydrogens (tertiary/aromatic N) is 2. The SMILES string of the molecule is Cl.O=C(O)CCc1c(-c2ccsc2)c2ccccc2n1CC(O)CN1CCCCC1. The van der Waals surface area contributed by atoms with Crippen molar-refractivity contribution in [3.05, 3.63) is 46.8 Å². The number of thiophene rings is 1. The van der Waals surface area contributed by atoms with Gasteiger partial charge >= 0.3 is 5.97 Å². The van der Waals surface area contributed by atoms with Crippen LogP contribution in [-0.4, -0.2) is 51.4 Å². The van der Waals surface area contributed by atoms with Gasteiger partial charge in [0.2, 0.25) is 0 Å². The average molecular weight is 449 g/mol. The summed E-state index contributed by atoms with van der Waals surface area (Å²) in [5.41, 5.74) is 4.29. The first-order chi connectivity index (χ1) is 14.1. The molecule has 1 aromatic carbocycles. The first-order valence-corrected chi connectivity index (χ1v) is 11.3. The molecule has 2 aromatic heterocycles. The highest BCUT2D eigenvalue weighted by atomic mass is 35.5. The summed E-state index contributed by atoms with van der Waals surface area (Å²) >= 11 is 1.64. The van der Waals surface area contributed by atoms with Gasteiger partial charge in [-0.2, -0.15) is 11.3 Å². The second-order valence-corrected chi connectivity index (χ2v) is 8.65. The van der Waals surface area contributed by atoms with Crippen LogP contribution in [-0.2, 0) is 17.8 Å². The normalized spacial score (nSPS) is 15.8. The minimum atomic E-state index is -0.799. The molecular formula is C23H29ClN2O3S. The van der Waals surface area contributed by atoms with Crippen LogP contribution in [0.3, 0.4) is 0 Å². The predicted octanol–water partition coefficient (Wildman–Crippen LogP) is 4.66. The van der Waals surface area contributed by atoms with Crippen molar-refractivity contribution in [2.75, 3.05) is 19.6 Å². The zero-order valence-corrected chi connectivity index (χ0v) is 18.6. The number of para-hydroxylation sites is 1. The zero-order chi connectivity index (χ0) is 20.2. The van der Waals surface area contributed by atoms with Gasteiger partial charge in [0, 0.05) is 28.7 Å². The van der Waals surface area contributed by atoms with Crippen LogP contribution >= 0.6 is 23.7 Å². The summed E-state index contributed by atoms with van der Waals surface area (Å²) in [5.74, 6) is -0.799. The molecule has 4 rings (SSSR count). The van der Waals surface area contributed by atoms with Crippen LogP contribution in [0.4, 0.5) is 0 Å². The number of carboxylic acids is 1. The first kappa shape index (κ1) is 22.8. The molecule has 0 amide bonds. The number of hydrogen-bond donors (Lipinski definition) is 2. The molecule has 2 N–H and O–H groups in total. The molecular weight excluding hydrogens is 420 g/mol. The molecule has 1 aliphatic heterocycles. The molecule has 1 unspecified atom stereocenters. The molecule has 1 saturated heterocycles. The number of halogens is 1. The van der Waals surface area contributed by atoms with E-state index in [1.807, 2.05) is 17.5 Å². The van der Waals surface area contributed by atoms with Crippen molar-refractivity contribution in [3.8, 4) is 11.1 Å². The van der Waals surface area contributed by atoms with E-state index in [9.17, 15) is 15.0 Å². The van der Waals surface area contributed by atoms with E-state index in [1.54, 1.807) is 11.3 Å². The lowest BCUT2D eigenvalue weighted by atomic mass is 10.0. The van der Waals surface area contributed by atoms with E-state index in [-0.39, 0.29) is 18.8 Å². The number of β-amino-alcohol motifs (C(OH)–C–C–N with tert-alkyl or cyclic N) is 1. The monoisotopic (exact) mass is 448 g/mol. The number of benzene rings is 1. The predicted molar refractivity (Wildman–Crippen MR) is 125 cm³/mol. The van der Waals surface area contributed by atoms with Gasteiger partial charge in [0.05, 0.1) is 19.1 Å². The topological polar surface area (TPSA) is 65.7 Å². The maximum atomic E-state index is 11.3. The number of aromatic nitrogens is 1. The lowest BCUT2D eigenvalue weighted by Crippen LogP contribution is -2.38. The van der Waals surface area contributed by atoms with Gasteiger partial charge in [-0.15, -0.1) is 12.4 Å². The number of carboxylic acid groups (broad SMARTS) is 1. The van der Waals surface area contributed by atoms with Gasteiger partial charge in [-0.05, 0) is 60.8 Å². The van der Waals surface area contributed by atoms with E-state index in [4.69, 9.17) is 0 Å². The molecule has 0 aliphatic carbocycles. The third kappa shape index (κ3) is 5.06. The molecule has 162 valence electrons. The lowest BCUT2D eigenvalue weighted by molar-refractivity contribution is -0.136. The van der Waals surface area contributed by atoms with Gasteiger partial charge < -0.3 is 19.7 Å². The van der Waals surface area contributed by atoms with Crippen LogP contribution in [0.2, 0.25) is 0 Å². The number of aliphatic hydroxyl groups excluding tert-OH is 1. The van der Waals surface area contributed by atoms with Gasteiger partial charge in [0.1, 0.15) is 0 Å². The van der Waals surface area contributed by atoms with Crippen LogP contribution in [0.25, 0.3) is 22.0 Å². The van der Waals surface area contributed by atoms with Crippen LogP contribution < -0.4 is 0 Å².